The molecule has 1 aromatic heterocycles. The third kappa shape index (κ3) is 5.22. The zero-order valence-corrected chi connectivity index (χ0v) is 9.61. The number of rotatable bonds is 6. The fourth-order valence-corrected chi connectivity index (χ4v) is 1.43. The minimum Gasteiger partial charge on any atom is -0.467 e. The van der Waals surface area contributed by atoms with E-state index < -0.39 is 18.6 Å². The van der Waals surface area contributed by atoms with E-state index in [0.29, 0.717) is 4.90 Å². The van der Waals surface area contributed by atoms with E-state index in [2.05, 4.69) is 0 Å². The van der Waals surface area contributed by atoms with E-state index in [1.54, 1.807) is 6.07 Å². The number of carbonyl (C=O) groups excluding carboxylic acids is 1. The predicted molar refractivity (Wildman–Crippen MR) is 56.5 cm³/mol. The van der Waals surface area contributed by atoms with Crippen molar-refractivity contribution in [1.29, 1.82) is 0 Å². The lowest BCUT2D eigenvalue weighted by molar-refractivity contribution is -0.163. The monoisotopic (exact) mass is 265 g/mol. The highest BCUT2D eigenvalue weighted by atomic mass is 19.4. The van der Waals surface area contributed by atoms with Crippen LogP contribution in [-0.4, -0.2) is 35.2 Å². The van der Waals surface area contributed by atoms with Gasteiger partial charge in [-0.2, -0.15) is 13.2 Å². The summed E-state index contributed by atoms with van der Waals surface area (Å²) in [5.74, 6) is -0.366. The van der Waals surface area contributed by atoms with E-state index in [9.17, 15) is 18.0 Å². The van der Waals surface area contributed by atoms with Crippen molar-refractivity contribution in [3.05, 3.63) is 24.2 Å². The molecule has 18 heavy (non-hydrogen) atoms. The summed E-state index contributed by atoms with van der Waals surface area (Å²) in [6, 6.07) is 3.04. The Bertz CT molecular complexity index is 362. The molecule has 0 atom stereocenters. The maximum atomic E-state index is 12.3. The summed E-state index contributed by atoms with van der Waals surface area (Å²) >= 11 is 0. The van der Waals surface area contributed by atoms with E-state index in [4.69, 9.17) is 9.52 Å². The molecule has 0 aliphatic heterocycles. The van der Waals surface area contributed by atoms with Gasteiger partial charge in [-0.1, -0.05) is 0 Å². The van der Waals surface area contributed by atoms with Crippen LogP contribution in [0.4, 0.5) is 13.2 Å². The maximum Gasteiger partial charge on any atom is 0.406 e. The van der Waals surface area contributed by atoms with Crippen LogP contribution in [0.1, 0.15) is 18.6 Å². The van der Waals surface area contributed by atoms with Gasteiger partial charge in [0.2, 0.25) is 5.91 Å². The molecule has 1 heterocycles. The summed E-state index contributed by atoms with van der Waals surface area (Å²) in [4.78, 5) is 12.3. The van der Waals surface area contributed by atoms with Gasteiger partial charge in [0.05, 0.1) is 12.8 Å². The maximum absolute atomic E-state index is 12.3. The molecule has 0 aliphatic rings. The first-order valence-corrected chi connectivity index (χ1v) is 5.40. The van der Waals surface area contributed by atoms with Gasteiger partial charge in [0.1, 0.15) is 12.3 Å². The number of alkyl halides is 3. The molecule has 4 nitrogen and oxygen atoms in total. The number of hydrogen-bond acceptors (Lipinski definition) is 3. The number of amides is 1. The number of aliphatic hydroxyl groups excluding tert-OH is 1. The van der Waals surface area contributed by atoms with Crippen molar-refractivity contribution < 1.29 is 27.5 Å². The van der Waals surface area contributed by atoms with Gasteiger partial charge in [-0.15, -0.1) is 0 Å². The van der Waals surface area contributed by atoms with E-state index >= 15 is 0 Å². The SMILES string of the molecule is O=C(CCCO)N(Cc1ccco1)CC(F)(F)F. The summed E-state index contributed by atoms with van der Waals surface area (Å²) < 4.78 is 42.0. The quantitative estimate of drug-likeness (QED) is 0.855. The molecule has 0 aromatic carbocycles. The average molecular weight is 265 g/mol. The average Bonchev–Trinajstić information content (AvgIpc) is 2.75. The molecule has 0 fully saturated rings. The summed E-state index contributed by atoms with van der Waals surface area (Å²) in [7, 11) is 0. The highest BCUT2D eigenvalue weighted by molar-refractivity contribution is 5.76. The van der Waals surface area contributed by atoms with Crippen molar-refractivity contribution in [3.63, 3.8) is 0 Å². The number of carbonyl (C=O) groups is 1. The highest BCUT2D eigenvalue weighted by Gasteiger charge is 2.33. The van der Waals surface area contributed by atoms with Crippen LogP contribution < -0.4 is 0 Å². The van der Waals surface area contributed by atoms with Crippen molar-refractivity contribution in [1.82, 2.24) is 4.90 Å². The normalized spacial score (nSPS) is 11.6. The standard InChI is InChI=1S/C11H14F3NO3/c12-11(13,14)8-15(10(17)4-1-5-16)7-9-3-2-6-18-9/h2-3,6,16H,1,4-5,7-8H2. The minimum atomic E-state index is -4.46. The van der Waals surface area contributed by atoms with Crippen LogP contribution in [-0.2, 0) is 11.3 Å². The Balaban J connectivity index is 2.65. The Hall–Kier alpha value is -1.50. The topological polar surface area (TPSA) is 53.7 Å². The third-order valence-electron chi connectivity index (χ3n) is 2.20. The molecule has 1 rings (SSSR count). The Morgan fingerprint density at radius 1 is 1.44 bits per heavy atom. The van der Waals surface area contributed by atoms with E-state index in [1.807, 2.05) is 0 Å². The second-order valence-electron chi connectivity index (χ2n) is 3.77. The number of aliphatic hydroxyl groups is 1. The Morgan fingerprint density at radius 2 is 2.17 bits per heavy atom. The van der Waals surface area contributed by atoms with E-state index in [-0.39, 0.29) is 31.8 Å². The fourth-order valence-electron chi connectivity index (χ4n) is 1.43. The van der Waals surface area contributed by atoms with Crippen molar-refractivity contribution in [2.75, 3.05) is 13.2 Å². The zero-order valence-electron chi connectivity index (χ0n) is 9.61. The second-order valence-corrected chi connectivity index (χ2v) is 3.77. The Labute approximate surface area is 102 Å². The van der Waals surface area contributed by atoms with Crippen molar-refractivity contribution in [2.24, 2.45) is 0 Å². The van der Waals surface area contributed by atoms with Gasteiger partial charge in [0, 0.05) is 13.0 Å². The molecule has 102 valence electrons. The second kappa shape index (κ2) is 6.44. The van der Waals surface area contributed by atoms with Crippen LogP contribution in [0.2, 0.25) is 0 Å². The van der Waals surface area contributed by atoms with Crippen LogP contribution in [0, 0.1) is 0 Å². The van der Waals surface area contributed by atoms with Crippen molar-refractivity contribution >= 4 is 5.91 Å². The van der Waals surface area contributed by atoms with Crippen molar-refractivity contribution in [2.45, 2.75) is 25.6 Å². The summed E-state index contributed by atoms with van der Waals surface area (Å²) in [6.45, 7) is -1.78. The third-order valence-corrected chi connectivity index (χ3v) is 2.20. The molecular weight excluding hydrogens is 251 g/mol. The lowest BCUT2D eigenvalue weighted by atomic mass is 10.2. The molecule has 1 aromatic rings. The van der Waals surface area contributed by atoms with Gasteiger partial charge < -0.3 is 14.4 Å². The van der Waals surface area contributed by atoms with Gasteiger partial charge >= 0.3 is 6.18 Å². The first-order valence-electron chi connectivity index (χ1n) is 5.40. The van der Waals surface area contributed by atoms with Gasteiger partial charge in [-0.3, -0.25) is 4.79 Å². The lowest BCUT2D eigenvalue weighted by Gasteiger charge is -2.22. The molecule has 0 aliphatic carbocycles. The molecular formula is C11H14F3NO3. The number of hydrogen-bond donors (Lipinski definition) is 1. The van der Waals surface area contributed by atoms with E-state index in [0.717, 1.165) is 0 Å². The van der Waals surface area contributed by atoms with Gasteiger partial charge in [-0.05, 0) is 18.6 Å². The van der Waals surface area contributed by atoms with Gasteiger partial charge in [0.25, 0.3) is 0 Å². The summed E-state index contributed by atoms with van der Waals surface area (Å²) in [6.07, 6.45) is -3.10. The van der Waals surface area contributed by atoms with Crippen LogP contribution in [0.25, 0.3) is 0 Å². The first kappa shape index (κ1) is 14.6. The minimum absolute atomic E-state index is 0.118. The highest BCUT2D eigenvalue weighted by Crippen LogP contribution is 2.19. The van der Waals surface area contributed by atoms with E-state index in [1.165, 1.54) is 12.3 Å². The number of halogens is 3. The first-order chi connectivity index (χ1) is 8.42. The number of nitrogens with zero attached hydrogens (tertiary/aromatic N) is 1. The fraction of sp³-hybridized carbons (Fsp3) is 0.545. The zero-order chi connectivity index (χ0) is 13.6. The molecule has 0 spiro atoms. The molecule has 0 bridgehead atoms. The summed E-state index contributed by atoms with van der Waals surface area (Å²) in [5.41, 5.74) is 0. The van der Waals surface area contributed by atoms with Crippen LogP contribution in [0.15, 0.2) is 22.8 Å². The van der Waals surface area contributed by atoms with Crippen LogP contribution in [0.3, 0.4) is 0 Å². The molecule has 1 N–H and O–H groups in total. The van der Waals surface area contributed by atoms with Gasteiger partial charge in [0.15, 0.2) is 0 Å². The smallest absolute Gasteiger partial charge is 0.406 e. The van der Waals surface area contributed by atoms with Crippen LogP contribution >= 0.6 is 0 Å². The van der Waals surface area contributed by atoms with Gasteiger partial charge in [-0.25, -0.2) is 0 Å². The Kier molecular flexibility index (Phi) is 5.21. The van der Waals surface area contributed by atoms with Crippen LogP contribution in [0.5, 0.6) is 0 Å². The summed E-state index contributed by atoms with van der Waals surface area (Å²) in [5, 5.41) is 8.57. The molecule has 0 saturated heterocycles. The Morgan fingerprint density at radius 3 is 2.67 bits per heavy atom. The molecule has 7 heteroatoms. The molecule has 0 unspecified atom stereocenters. The predicted octanol–water partition coefficient (Wildman–Crippen LogP) is 1.94. The largest absolute Gasteiger partial charge is 0.467 e. The molecule has 1 amide bonds. The molecule has 0 saturated carbocycles. The lowest BCUT2D eigenvalue weighted by Crippen LogP contribution is -2.38. The molecule has 0 radical (unpaired) electrons. The number of furan rings is 1. The van der Waals surface area contributed by atoms with Crippen molar-refractivity contribution in [3.8, 4) is 0 Å².